The standard InChI is InChI=1S/C14H22N2O2S/c1-10(11-6-3-4-7-11)16-12-8-5-9-13(14(12)15)19(2,17)18/h5,8-11,16H,3-4,6-7,15H2,1-2H3. The van der Waals surface area contributed by atoms with E-state index in [1.54, 1.807) is 12.1 Å². The number of benzene rings is 1. The summed E-state index contributed by atoms with van der Waals surface area (Å²) in [6.45, 7) is 2.14. The first-order valence-electron chi connectivity index (χ1n) is 6.74. The Morgan fingerprint density at radius 2 is 1.95 bits per heavy atom. The summed E-state index contributed by atoms with van der Waals surface area (Å²) in [5.41, 5.74) is 7.03. The Bertz CT molecular complexity index is 549. The van der Waals surface area contributed by atoms with E-state index in [4.69, 9.17) is 5.73 Å². The van der Waals surface area contributed by atoms with Crippen molar-refractivity contribution in [1.82, 2.24) is 0 Å². The van der Waals surface area contributed by atoms with Crippen molar-refractivity contribution in [2.45, 2.75) is 43.5 Å². The molecule has 0 aliphatic heterocycles. The van der Waals surface area contributed by atoms with Gasteiger partial charge in [0.25, 0.3) is 0 Å². The molecule has 0 aromatic heterocycles. The van der Waals surface area contributed by atoms with Crippen LogP contribution >= 0.6 is 0 Å². The average molecular weight is 282 g/mol. The highest BCUT2D eigenvalue weighted by molar-refractivity contribution is 7.90. The summed E-state index contributed by atoms with van der Waals surface area (Å²) in [5, 5.41) is 3.38. The van der Waals surface area contributed by atoms with Gasteiger partial charge in [-0.15, -0.1) is 0 Å². The van der Waals surface area contributed by atoms with Crippen LogP contribution in [0.5, 0.6) is 0 Å². The maximum Gasteiger partial charge on any atom is 0.177 e. The molecule has 106 valence electrons. The number of hydrogen-bond acceptors (Lipinski definition) is 4. The van der Waals surface area contributed by atoms with Crippen molar-refractivity contribution >= 4 is 21.2 Å². The van der Waals surface area contributed by atoms with Gasteiger partial charge >= 0.3 is 0 Å². The van der Waals surface area contributed by atoms with E-state index in [0.29, 0.717) is 17.6 Å². The smallest absolute Gasteiger partial charge is 0.177 e. The van der Waals surface area contributed by atoms with Crippen LogP contribution in [0.4, 0.5) is 11.4 Å². The van der Waals surface area contributed by atoms with Crippen LogP contribution in [0.3, 0.4) is 0 Å². The van der Waals surface area contributed by atoms with Gasteiger partial charge in [-0.2, -0.15) is 0 Å². The van der Waals surface area contributed by atoms with Gasteiger partial charge in [-0.05, 0) is 37.8 Å². The first-order chi connectivity index (χ1) is 8.89. The van der Waals surface area contributed by atoms with Gasteiger partial charge in [0.15, 0.2) is 9.84 Å². The molecule has 1 aromatic rings. The Labute approximate surface area is 115 Å². The van der Waals surface area contributed by atoms with Gasteiger partial charge in [-0.3, -0.25) is 0 Å². The van der Waals surface area contributed by atoms with E-state index in [2.05, 4.69) is 12.2 Å². The van der Waals surface area contributed by atoms with Crippen molar-refractivity contribution in [3.05, 3.63) is 18.2 Å². The van der Waals surface area contributed by atoms with Gasteiger partial charge in [0.1, 0.15) is 0 Å². The zero-order valence-electron chi connectivity index (χ0n) is 11.5. The predicted molar refractivity (Wildman–Crippen MR) is 79.0 cm³/mol. The molecule has 1 unspecified atom stereocenters. The maximum atomic E-state index is 11.6. The number of nitrogens with one attached hydrogen (secondary N) is 1. The van der Waals surface area contributed by atoms with Gasteiger partial charge < -0.3 is 11.1 Å². The lowest BCUT2D eigenvalue weighted by molar-refractivity contribution is 0.482. The number of anilines is 2. The monoisotopic (exact) mass is 282 g/mol. The van der Waals surface area contributed by atoms with Crippen molar-refractivity contribution in [3.63, 3.8) is 0 Å². The van der Waals surface area contributed by atoms with Crippen molar-refractivity contribution in [2.75, 3.05) is 17.3 Å². The van der Waals surface area contributed by atoms with Crippen LogP contribution in [0.15, 0.2) is 23.1 Å². The Kier molecular flexibility index (Phi) is 4.04. The molecule has 1 fully saturated rings. The molecule has 4 nitrogen and oxygen atoms in total. The number of hydrogen-bond donors (Lipinski definition) is 2. The highest BCUT2D eigenvalue weighted by atomic mass is 32.2. The van der Waals surface area contributed by atoms with Crippen LogP contribution in [-0.2, 0) is 9.84 Å². The molecule has 19 heavy (non-hydrogen) atoms. The van der Waals surface area contributed by atoms with Gasteiger partial charge in [-0.25, -0.2) is 8.42 Å². The van der Waals surface area contributed by atoms with Crippen LogP contribution in [0.1, 0.15) is 32.6 Å². The molecule has 0 saturated heterocycles. The minimum Gasteiger partial charge on any atom is -0.396 e. The molecular weight excluding hydrogens is 260 g/mol. The van der Waals surface area contributed by atoms with Crippen molar-refractivity contribution in [1.29, 1.82) is 0 Å². The topological polar surface area (TPSA) is 72.2 Å². The van der Waals surface area contributed by atoms with Crippen molar-refractivity contribution in [2.24, 2.45) is 5.92 Å². The number of nitrogens with two attached hydrogens (primary N) is 1. The van der Waals surface area contributed by atoms with Crippen LogP contribution in [-0.4, -0.2) is 20.7 Å². The first kappa shape index (κ1) is 14.2. The largest absolute Gasteiger partial charge is 0.396 e. The molecule has 5 heteroatoms. The summed E-state index contributed by atoms with van der Waals surface area (Å²) in [6, 6.07) is 5.45. The second kappa shape index (κ2) is 5.41. The second-order valence-electron chi connectivity index (χ2n) is 5.47. The fraction of sp³-hybridized carbons (Fsp3) is 0.571. The molecule has 1 aromatic carbocycles. The zero-order chi connectivity index (χ0) is 14.0. The minimum atomic E-state index is -3.28. The Morgan fingerprint density at radius 3 is 2.53 bits per heavy atom. The molecule has 3 N–H and O–H groups in total. The molecule has 0 heterocycles. The molecule has 2 rings (SSSR count). The van der Waals surface area contributed by atoms with Crippen molar-refractivity contribution in [3.8, 4) is 0 Å². The van der Waals surface area contributed by atoms with E-state index in [1.165, 1.54) is 31.9 Å². The summed E-state index contributed by atoms with van der Waals surface area (Å²) in [5.74, 6) is 0.654. The van der Waals surface area contributed by atoms with E-state index in [1.807, 2.05) is 6.07 Å². The normalized spacial score (nSPS) is 18.4. The maximum absolute atomic E-state index is 11.6. The van der Waals surface area contributed by atoms with E-state index < -0.39 is 9.84 Å². The van der Waals surface area contributed by atoms with Gasteiger partial charge in [0.2, 0.25) is 0 Å². The minimum absolute atomic E-state index is 0.205. The third kappa shape index (κ3) is 3.21. The van der Waals surface area contributed by atoms with E-state index in [9.17, 15) is 8.42 Å². The Balaban J connectivity index is 2.21. The number of para-hydroxylation sites is 1. The van der Waals surface area contributed by atoms with Gasteiger partial charge in [0.05, 0.1) is 16.3 Å². The molecule has 0 bridgehead atoms. The molecule has 1 aliphatic carbocycles. The lowest BCUT2D eigenvalue weighted by Crippen LogP contribution is -2.24. The summed E-state index contributed by atoms with van der Waals surface area (Å²) in [4.78, 5) is 0.205. The number of sulfone groups is 1. The second-order valence-corrected chi connectivity index (χ2v) is 7.45. The quantitative estimate of drug-likeness (QED) is 0.833. The summed E-state index contributed by atoms with van der Waals surface area (Å²) in [6.07, 6.45) is 6.23. The van der Waals surface area contributed by atoms with Crippen molar-refractivity contribution < 1.29 is 8.42 Å². The first-order valence-corrected chi connectivity index (χ1v) is 8.64. The molecule has 0 spiro atoms. The highest BCUT2D eigenvalue weighted by Crippen LogP contribution is 2.32. The third-order valence-electron chi connectivity index (χ3n) is 3.96. The SMILES string of the molecule is CC(Nc1cccc(S(C)(=O)=O)c1N)C1CCCC1. The fourth-order valence-electron chi connectivity index (χ4n) is 2.81. The van der Waals surface area contributed by atoms with Gasteiger partial charge in [-0.1, -0.05) is 18.9 Å². The number of rotatable bonds is 4. The number of nitrogen functional groups attached to an aromatic ring is 1. The van der Waals surface area contributed by atoms with Gasteiger partial charge in [0, 0.05) is 12.3 Å². The lowest BCUT2D eigenvalue weighted by atomic mass is 9.99. The third-order valence-corrected chi connectivity index (χ3v) is 5.11. The van der Waals surface area contributed by atoms with E-state index >= 15 is 0 Å². The molecule has 1 saturated carbocycles. The molecule has 1 aliphatic rings. The van der Waals surface area contributed by atoms with E-state index in [-0.39, 0.29) is 4.90 Å². The van der Waals surface area contributed by atoms with E-state index in [0.717, 1.165) is 5.69 Å². The molecule has 1 atom stereocenters. The summed E-state index contributed by atoms with van der Waals surface area (Å²) >= 11 is 0. The molecule has 0 amide bonds. The van der Waals surface area contributed by atoms with Crippen LogP contribution in [0, 0.1) is 5.92 Å². The predicted octanol–water partition coefficient (Wildman–Crippen LogP) is 2.66. The lowest BCUT2D eigenvalue weighted by Gasteiger charge is -2.23. The zero-order valence-corrected chi connectivity index (χ0v) is 12.3. The summed E-state index contributed by atoms with van der Waals surface area (Å²) in [7, 11) is -3.28. The highest BCUT2D eigenvalue weighted by Gasteiger charge is 2.22. The fourth-order valence-corrected chi connectivity index (χ4v) is 3.65. The van der Waals surface area contributed by atoms with Crippen LogP contribution in [0.2, 0.25) is 0 Å². The van der Waals surface area contributed by atoms with Crippen LogP contribution in [0.25, 0.3) is 0 Å². The Morgan fingerprint density at radius 1 is 1.32 bits per heavy atom. The average Bonchev–Trinajstić information content (AvgIpc) is 2.83. The molecular formula is C14H22N2O2S. The molecule has 0 radical (unpaired) electrons. The summed E-state index contributed by atoms with van der Waals surface area (Å²) < 4.78 is 23.3. The Hall–Kier alpha value is -1.23. The van der Waals surface area contributed by atoms with Crippen LogP contribution < -0.4 is 11.1 Å².